The van der Waals surface area contributed by atoms with Crippen LogP contribution in [-0.4, -0.2) is 30.3 Å². The van der Waals surface area contributed by atoms with Crippen molar-refractivity contribution in [2.75, 3.05) is 18.9 Å². The van der Waals surface area contributed by atoms with Gasteiger partial charge in [0.25, 0.3) is 0 Å². The van der Waals surface area contributed by atoms with Crippen molar-refractivity contribution in [2.24, 2.45) is 11.8 Å². The van der Waals surface area contributed by atoms with E-state index < -0.39 is 0 Å². The number of hydrogen-bond donors (Lipinski definition) is 1. The largest absolute Gasteiger partial charge is 0.327 e. The molecule has 2 unspecified atom stereocenters. The summed E-state index contributed by atoms with van der Waals surface area (Å²) < 4.78 is 0. The van der Waals surface area contributed by atoms with Crippen molar-refractivity contribution in [3.63, 3.8) is 0 Å². The number of benzene rings is 1. The molecular weight excluding hydrogens is 240 g/mol. The summed E-state index contributed by atoms with van der Waals surface area (Å²) >= 11 is 0. The highest BCUT2D eigenvalue weighted by Gasteiger charge is 2.34. The molecule has 1 aliphatic carbocycles. The molecule has 19 heavy (non-hydrogen) atoms. The first-order valence-corrected chi connectivity index (χ1v) is 6.60. The van der Waals surface area contributed by atoms with Crippen LogP contribution in [-0.2, 0) is 0 Å². The van der Waals surface area contributed by atoms with Crippen molar-refractivity contribution in [3.8, 4) is 0 Å². The van der Waals surface area contributed by atoms with Gasteiger partial charge in [-0.15, -0.1) is 0 Å². The van der Waals surface area contributed by atoms with Gasteiger partial charge in [0.1, 0.15) is 0 Å². The van der Waals surface area contributed by atoms with Gasteiger partial charge in [-0.3, -0.25) is 4.79 Å². The molecule has 102 valence electrons. The minimum absolute atomic E-state index is 0.0257. The van der Waals surface area contributed by atoms with Gasteiger partial charge < -0.3 is 10.2 Å². The normalized spacial score (nSPS) is 20.8. The maximum atomic E-state index is 11.9. The molecule has 0 heterocycles. The molecular formula is C15H20N2O2. The maximum Gasteiger partial charge on any atom is 0.321 e. The van der Waals surface area contributed by atoms with E-state index in [0.717, 1.165) is 12.5 Å². The summed E-state index contributed by atoms with van der Waals surface area (Å²) in [6, 6.07) is 6.85. The SMILES string of the molecule is CC(=O)c1ccc(NC(=O)N(C)CC2CC2C)cc1. The number of carbonyl (C=O) groups is 2. The number of amides is 2. The quantitative estimate of drug-likeness (QED) is 0.846. The van der Waals surface area contributed by atoms with Gasteiger partial charge in [0.15, 0.2) is 5.78 Å². The van der Waals surface area contributed by atoms with E-state index >= 15 is 0 Å². The fourth-order valence-electron chi connectivity index (χ4n) is 2.10. The average molecular weight is 260 g/mol. The fourth-order valence-corrected chi connectivity index (χ4v) is 2.10. The van der Waals surface area contributed by atoms with E-state index in [1.54, 1.807) is 29.2 Å². The van der Waals surface area contributed by atoms with Gasteiger partial charge in [0, 0.05) is 24.8 Å². The summed E-state index contributed by atoms with van der Waals surface area (Å²) in [7, 11) is 1.81. The second kappa shape index (κ2) is 5.43. The van der Waals surface area contributed by atoms with Gasteiger partial charge >= 0.3 is 6.03 Å². The van der Waals surface area contributed by atoms with Crippen LogP contribution in [0.2, 0.25) is 0 Å². The molecule has 1 saturated carbocycles. The highest BCUT2D eigenvalue weighted by molar-refractivity contribution is 5.95. The number of carbonyl (C=O) groups excluding carboxylic acids is 2. The summed E-state index contributed by atoms with van der Waals surface area (Å²) in [6.07, 6.45) is 1.21. The monoisotopic (exact) mass is 260 g/mol. The van der Waals surface area contributed by atoms with E-state index in [2.05, 4.69) is 12.2 Å². The van der Waals surface area contributed by atoms with Crippen molar-refractivity contribution in [1.82, 2.24) is 4.90 Å². The van der Waals surface area contributed by atoms with Crippen LogP contribution in [0.25, 0.3) is 0 Å². The standard InChI is InChI=1S/C15H20N2O2/c1-10-8-13(10)9-17(3)15(19)16-14-6-4-12(5-7-14)11(2)18/h4-7,10,13H,8-9H2,1-3H3,(H,16,19). The maximum absolute atomic E-state index is 11.9. The first-order valence-electron chi connectivity index (χ1n) is 6.60. The lowest BCUT2D eigenvalue weighted by molar-refractivity contribution is 0.101. The highest BCUT2D eigenvalue weighted by Crippen LogP contribution is 2.37. The number of urea groups is 1. The van der Waals surface area contributed by atoms with Crippen molar-refractivity contribution in [1.29, 1.82) is 0 Å². The summed E-state index contributed by atoms with van der Waals surface area (Å²) in [5.74, 6) is 1.42. The van der Waals surface area contributed by atoms with E-state index in [1.165, 1.54) is 13.3 Å². The van der Waals surface area contributed by atoms with E-state index in [0.29, 0.717) is 17.2 Å². The Bertz CT molecular complexity index is 481. The molecule has 0 aromatic heterocycles. The van der Waals surface area contributed by atoms with Crippen molar-refractivity contribution in [3.05, 3.63) is 29.8 Å². The van der Waals surface area contributed by atoms with Gasteiger partial charge in [0.2, 0.25) is 0 Å². The minimum atomic E-state index is -0.102. The third-order valence-electron chi connectivity index (χ3n) is 3.67. The highest BCUT2D eigenvalue weighted by atomic mass is 16.2. The number of anilines is 1. The van der Waals surface area contributed by atoms with E-state index in [4.69, 9.17) is 0 Å². The lowest BCUT2D eigenvalue weighted by atomic mass is 10.1. The van der Waals surface area contributed by atoms with Gasteiger partial charge in [0.05, 0.1) is 0 Å². The minimum Gasteiger partial charge on any atom is -0.327 e. The third kappa shape index (κ3) is 3.56. The van der Waals surface area contributed by atoms with Crippen LogP contribution in [0.4, 0.5) is 10.5 Å². The predicted octanol–water partition coefficient (Wildman–Crippen LogP) is 3.01. The van der Waals surface area contributed by atoms with E-state index in [-0.39, 0.29) is 11.8 Å². The number of nitrogens with one attached hydrogen (secondary N) is 1. The summed E-state index contributed by atoms with van der Waals surface area (Å²) in [6.45, 7) is 4.54. The summed E-state index contributed by atoms with van der Waals surface area (Å²) in [5.41, 5.74) is 1.36. The molecule has 2 amide bonds. The number of Topliss-reactive ketones (excluding diaryl/α,β-unsaturated/α-hetero) is 1. The first kappa shape index (κ1) is 13.6. The molecule has 4 nitrogen and oxygen atoms in total. The number of nitrogens with zero attached hydrogens (tertiary/aromatic N) is 1. The summed E-state index contributed by atoms with van der Waals surface area (Å²) in [4.78, 5) is 24.8. The molecule has 4 heteroatoms. The second-order valence-electron chi connectivity index (χ2n) is 5.42. The van der Waals surface area contributed by atoms with Crippen molar-refractivity contribution in [2.45, 2.75) is 20.3 Å². The Balaban J connectivity index is 1.89. The Hall–Kier alpha value is -1.84. The van der Waals surface area contributed by atoms with Crippen LogP contribution in [0, 0.1) is 11.8 Å². The number of hydrogen-bond acceptors (Lipinski definition) is 2. The van der Waals surface area contributed by atoms with Gasteiger partial charge in [-0.05, 0) is 49.4 Å². The Kier molecular flexibility index (Phi) is 3.88. The zero-order valence-electron chi connectivity index (χ0n) is 11.6. The van der Waals surface area contributed by atoms with Gasteiger partial charge in [-0.25, -0.2) is 4.79 Å². The first-order chi connectivity index (χ1) is 8.97. The molecule has 1 aromatic carbocycles. The molecule has 0 saturated heterocycles. The molecule has 0 spiro atoms. The van der Waals surface area contributed by atoms with Crippen LogP contribution in [0.5, 0.6) is 0 Å². The molecule has 0 bridgehead atoms. The van der Waals surface area contributed by atoms with Crippen molar-refractivity contribution < 1.29 is 9.59 Å². The molecule has 0 radical (unpaired) electrons. The third-order valence-corrected chi connectivity index (χ3v) is 3.67. The average Bonchev–Trinajstić information content (AvgIpc) is 3.05. The Morgan fingerprint density at radius 1 is 1.32 bits per heavy atom. The Labute approximate surface area is 113 Å². The van der Waals surface area contributed by atoms with Crippen LogP contribution in [0.15, 0.2) is 24.3 Å². The molecule has 1 aromatic rings. The predicted molar refractivity (Wildman–Crippen MR) is 75.4 cm³/mol. The van der Waals surface area contributed by atoms with E-state index in [9.17, 15) is 9.59 Å². The zero-order chi connectivity index (χ0) is 14.0. The van der Waals surface area contributed by atoms with Crippen LogP contribution < -0.4 is 5.32 Å². The van der Waals surface area contributed by atoms with Crippen LogP contribution >= 0.6 is 0 Å². The van der Waals surface area contributed by atoms with Crippen molar-refractivity contribution >= 4 is 17.5 Å². The molecule has 1 N–H and O–H groups in total. The topological polar surface area (TPSA) is 49.4 Å². The van der Waals surface area contributed by atoms with Gasteiger partial charge in [-0.2, -0.15) is 0 Å². The summed E-state index contributed by atoms with van der Waals surface area (Å²) in [5, 5.41) is 2.83. The lowest BCUT2D eigenvalue weighted by Gasteiger charge is -2.18. The Morgan fingerprint density at radius 3 is 2.37 bits per heavy atom. The zero-order valence-corrected chi connectivity index (χ0v) is 11.6. The molecule has 2 rings (SSSR count). The van der Waals surface area contributed by atoms with Crippen LogP contribution in [0.3, 0.4) is 0 Å². The molecule has 0 aliphatic heterocycles. The second-order valence-corrected chi connectivity index (χ2v) is 5.42. The lowest BCUT2D eigenvalue weighted by Crippen LogP contribution is -2.33. The molecule has 1 fully saturated rings. The molecule has 2 atom stereocenters. The van der Waals surface area contributed by atoms with Crippen LogP contribution in [0.1, 0.15) is 30.6 Å². The number of ketones is 1. The Morgan fingerprint density at radius 2 is 1.89 bits per heavy atom. The van der Waals surface area contributed by atoms with E-state index in [1.807, 2.05) is 7.05 Å². The molecule has 1 aliphatic rings. The smallest absolute Gasteiger partial charge is 0.321 e. The fraction of sp³-hybridized carbons (Fsp3) is 0.467. The number of rotatable bonds is 4. The van der Waals surface area contributed by atoms with Gasteiger partial charge in [-0.1, -0.05) is 6.92 Å².